The van der Waals surface area contributed by atoms with Crippen LogP contribution in [-0.2, 0) is 20.7 Å². The Kier molecular flexibility index (Phi) is 6.57. The summed E-state index contributed by atoms with van der Waals surface area (Å²) in [4.78, 5) is 23.9. The van der Waals surface area contributed by atoms with Crippen LogP contribution in [0, 0.1) is 0 Å². The highest BCUT2D eigenvalue weighted by Crippen LogP contribution is 2.25. The Bertz CT molecular complexity index is 762. The van der Waals surface area contributed by atoms with Gasteiger partial charge in [-0.05, 0) is 36.8 Å². The van der Waals surface area contributed by atoms with Crippen LogP contribution in [0.5, 0.6) is 11.5 Å². The molecule has 0 aliphatic carbocycles. The minimum Gasteiger partial charge on any atom is -0.504 e. The van der Waals surface area contributed by atoms with Crippen LogP contribution in [0.1, 0.15) is 22.8 Å². The van der Waals surface area contributed by atoms with E-state index in [4.69, 9.17) is 9.47 Å². The fourth-order valence-electron chi connectivity index (χ4n) is 2.24. The average Bonchev–Trinajstić information content (AvgIpc) is 2.63. The van der Waals surface area contributed by atoms with Crippen molar-refractivity contribution in [1.82, 2.24) is 0 Å². The highest BCUT2D eigenvalue weighted by atomic mass is 16.6. The average molecular weight is 360 g/mol. The van der Waals surface area contributed by atoms with Gasteiger partial charge in [-0.15, -0.1) is 0 Å². The summed E-state index contributed by atoms with van der Waals surface area (Å²) in [5.74, 6) is -1.52. The van der Waals surface area contributed by atoms with E-state index in [0.717, 1.165) is 0 Å². The fraction of sp³-hybridized carbons (Fsp3) is 0.263. The van der Waals surface area contributed by atoms with Crippen LogP contribution in [-0.4, -0.2) is 40.9 Å². The lowest BCUT2D eigenvalue weighted by molar-refractivity contribution is -0.408. The number of hydrogen-bond donors (Lipinski definition) is 3. The van der Waals surface area contributed by atoms with Crippen LogP contribution in [0.4, 0.5) is 0 Å². The number of phenolic OH excluding ortho intramolecular Hbond substituents is 2. The van der Waals surface area contributed by atoms with Crippen molar-refractivity contribution in [3.05, 3.63) is 59.7 Å². The molecule has 0 aliphatic heterocycles. The Hall–Kier alpha value is -3.06. The van der Waals surface area contributed by atoms with Crippen molar-refractivity contribution in [2.45, 2.75) is 25.5 Å². The number of benzene rings is 2. The third-order valence-corrected chi connectivity index (χ3v) is 3.63. The van der Waals surface area contributed by atoms with E-state index in [-0.39, 0.29) is 24.5 Å². The van der Waals surface area contributed by atoms with Crippen molar-refractivity contribution in [2.75, 3.05) is 6.61 Å². The summed E-state index contributed by atoms with van der Waals surface area (Å²) in [6.45, 7) is 1.55. The molecule has 138 valence electrons. The molecule has 7 nitrogen and oxygen atoms in total. The van der Waals surface area contributed by atoms with Gasteiger partial charge in [0.2, 0.25) is 0 Å². The molecule has 2 rings (SSSR count). The summed E-state index contributed by atoms with van der Waals surface area (Å²) >= 11 is 0. The monoisotopic (exact) mass is 360 g/mol. The van der Waals surface area contributed by atoms with Gasteiger partial charge in [-0.2, -0.15) is 0 Å². The van der Waals surface area contributed by atoms with Crippen molar-refractivity contribution < 1.29 is 35.0 Å². The summed E-state index contributed by atoms with van der Waals surface area (Å²) in [7, 11) is 0. The van der Waals surface area contributed by atoms with Gasteiger partial charge in [0, 0.05) is 6.42 Å². The minimum absolute atomic E-state index is 0.0791. The third-order valence-electron chi connectivity index (χ3n) is 3.63. The molecule has 0 unspecified atom stereocenters. The van der Waals surface area contributed by atoms with Gasteiger partial charge in [-0.1, -0.05) is 24.3 Å². The van der Waals surface area contributed by atoms with Gasteiger partial charge >= 0.3 is 11.9 Å². The van der Waals surface area contributed by atoms with E-state index in [1.165, 1.54) is 12.1 Å². The van der Waals surface area contributed by atoms with Gasteiger partial charge in [0.25, 0.3) is 0 Å². The molecule has 0 heterocycles. The van der Waals surface area contributed by atoms with Gasteiger partial charge in [0.1, 0.15) is 12.7 Å². The highest BCUT2D eigenvalue weighted by Gasteiger charge is 2.22. The van der Waals surface area contributed by atoms with Crippen molar-refractivity contribution >= 4 is 11.9 Å². The van der Waals surface area contributed by atoms with E-state index >= 15 is 0 Å². The quantitative estimate of drug-likeness (QED) is 0.501. The molecule has 26 heavy (non-hydrogen) atoms. The van der Waals surface area contributed by atoms with Crippen molar-refractivity contribution in [2.24, 2.45) is 0 Å². The molecule has 0 bridgehead atoms. The molecule has 0 aliphatic rings. The lowest BCUT2D eigenvalue weighted by Gasteiger charge is -2.15. The largest absolute Gasteiger partial charge is 0.504 e. The maximum Gasteiger partial charge on any atom is 0.365 e. The van der Waals surface area contributed by atoms with Crippen LogP contribution in [0.2, 0.25) is 0 Å². The fourth-order valence-corrected chi connectivity index (χ4v) is 2.24. The van der Waals surface area contributed by atoms with Crippen molar-refractivity contribution in [3.8, 4) is 11.5 Å². The van der Waals surface area contributed by atoms with E-state index in [9.17, 15) is 19.8 Å². The standard InChI is InChI=1S/C19H21NO6/c1-12(26-18(23)14-5-3-2-4-6-14)11-25-19(24)15(20)9-13-7-8-16(21)17(22)10-13/h2-8,10,12,15,21-22H,9,11,20H2,1H3/p+1/t12-,15+/m1/s1. The SMILES string of the molecule is C[C@H](COC(=O)[C@@H]([NH3+])Cc1ccc(O)c(O)c1)OC(=O)c1ccccc1. The molecule has 2 aromatic rings. The van der Waals surface area contributed by atoms with Crippen LogP contribution >= 0.6 is 0 Å². The summed E-state index contributed by atoms with van der Waals surface area (Å²) in [5, 5.41) is 18.8. The molecular weight excluding hydrogens is 338 g/mol. The molecular formula is C19H22NO6+. The minimum atomic E-state index is -0.698. The second-order valence-corrected chi connectivity index (χ2v) is 5.94. The number of rotatable bonds is 7. The van der Waals surface area contributed by atoms with Gasteiger partial charge in [0.05, 0.1) is 5.56 Å². The second-order valence-electron chi connectivity index (χ2n) is 5.94. The zero-order valence-electron chi connectivity index (χ0n) is 14.4. The van der Waals surface area contributed by atoms with E-state index in [1.807, 2.05) is 0 Å². The third kappa shape index (κ3) is 5.49. The summed E-state index contributed by atoms with van der Waals surface area (Å²) < 4.78 is 10.4. The number of quaternary nitrogens is 1. The number of carbonyl (C=O) groups is 2. The van der Waals surface area contributed by atoms with Crippen LogP contribution in [0.15, 0.2) is 48.5 Å². The number of ether oxygens (including phenoxy) is 2. The van der Waals surface area contributed by atoms with E-state index < -0.39 is 24.1 Å². The first-order chi connectivity index (χ1) is 12.4. The second kappa shape index (κ2) is 8.87. The number of carbonyl (C=O) groups excluding carboxylic acids is 2. The molecule has 0 saturated heterocycles. The summed E-state index contributed by atoms with van der Waals surface area (Å²) in [6, 6.07) is 12.1. The van der Waals surface area contributed by atoms with E-state index in [2.05, 4.69) is 5.73 Å². The van der Waals surface area contributed by atoms with Gasteiger partial charge < -0.3 is 25.4 Å². The molecule has 0 saturated carbocycles. The normalized spacial score (nSPS) is 12.8. The summed E-state index contributed by atoms with van der Waals surface area (Å²) in [5.41, 5.74) is 4.81. The van der Waals surface area contributed by atoms with Crippen LogP contribution in [0.3, 0.4) is 0 Å². The molecule has 0 fully saturated rings. The van der Waals surface area contributed by atoms with Crippen molar-refractivity contribution in [3.63, 3.8) is 0 Å². The molecule has 2 aromatic carbocycles. The lowest BCUT2D eigenvalue weighted by atomic mass is 10.1. The highest BCUT2D eigenvalue weighted by molar-refractivity contribution is 5.89. The summed E-state index contributed by atoms with van der Waals surface area (Å²) in [6.07, 6.45) is -0.359. The number of aromatic hydroxyl groups is 2. The van der Waals surface area contributed by atoms with E-state index in [1.54, 1.807) is 43.3 Å². The number of phenols is 2. The predicted molar refractivity (Wildman–Crippen MR) is 92.4 cm³/mol. The number of hydrogen-bond acceptors (Lipinski definition) is 6. The molecule has 0 aromatic heterocycles. The Balaban J connectivity index is 1.79. The van der Waals surface area contributed by atoms with Crippen molar-refractivity contribution in [1.29, 1.82) is 0 Å². The Morgan fingerprint density at radius 3 is 2.42 bits per heavy atom. The maximum atomic E-state index is 12.0. The van der Waals surface area contributed by atoms with Gasteiger partial charge in [-0.25, -0.2) is 9.59 Å². The topological polar surface area (TPSA) is 121 Å². The van der Waals surface area contributed by atoms with Gasteiger partial charge in [0.15, 0.2) is 17.5 Å². The zero-order valence-corrected chi connectivity index (χ0v) is 14.4. The molecule has 2 atom stereocenters. The van der Waals surface area contributed by atoms with E-state index in [0.29, 0.717) is 11.1 Å². The Morgan fingerprint density at radius 1 is 1.08 bits per heavy atom. The van der Waals surface area contributed by atoms with Crippen LogP contribution < -0.4 is 5.73 Å². The first-order valence-corrected chi connectivity index (χ1v) is 8.13. The number of esters is 2. The smallest absolute Gasteiger partial charge is 0.365 e. The Labute approximate surface area is 151 Å². The lowest BCUT2D eigenvalue weighted by Crippen LogP contribution is -2.66. The molecule has 0 spiro atoms. The van der Waals surface area contributed by atoms with Gasteiger partial charge in [-0.3, -0.25) is 0 Å². The first-order valence-electron chi connectivity index (χ1n) is 8.13. The molecule has 7 heteroatoms. The first kappa shape index (κ1) is 19.3. The molecule has 0 amide bonds. The predicted octanol–water partition coefficient (Wildman–Crippen LogP) is 1.04. The molecule has 0 radical (unpaired) electrons. The van der Waals surface area contributed by atoms with Crippen LogP contribution in [0.25, 0.3) is 0 Å². The molecule has 5 N–H and O–H groups in total. The Morgan fingerprint density at radius 2 is 1.77 bits per heavy atom. The maximum absolute atomic E-state index is 12.0. The zero-order chi connectivity index (χ0) is 19.1.